The second-order valence-electron chi connectivity index (χ2n) is 11.7. The van der Waals surface area contributed by atoms with Crippen molar-refractivity contribution in [1.82, 2.24) is 20.1 Å². The van der Waals surface area contributed by atoms with Crippen LogP contribution in [0.15, 0.2) is 47.2 Å². The number of ether oxygens (including phenoxy) is 1. The summed E-state index contributed by atoms with van der Waals surface area (Å²) in [4.78, 5) is 36.3. The van der Waals surface area contributed by atoms with Crippen molar-refractivity contribution < 1.29 is 27.5 Å². The SMILES string of the molecule is CC1=NCC(C)=C1c1ncc(NC(=O)[C@@H](NC(=O)c2ccnn2C(C)C)C2c3cc(F)c(F)cc3OCC23CC3)cc1F. The molecule has 3 aliphatic rings. The van der Waals surface area contributed by atoms with Gasteiger partial charge in [-0.25, -0.2) is 13.2 Å². The van der Waals surface area contributed by atoms with E-state index in [9.17, 15) is 18.4 Å². The number of carbonyl (C=O) groups is 2. The first-order valence-corrected chi connectivity index (χ1v) is 14.1. The number of carbonyl (C=O) groups excluding carboxylic acids is 2. The van der Waals surface area contributed by atoms with Crippen LogP contribution in [-0.4, -0.2) is 51.5 Å². The number of pyridine rings is 1. The van der Waals surface area contributed by atoms with Crippen molar-refractivity contribution in [3.05, 3.63) is 76.6 Å². The summed E-state index contributed by atoms with van der Waals surface area (Å²) in [6.45, 7) is 8.01. The molecule has 0 radical (unpaired) electrons. The van der Waals surface area contributed by atoms with E-state index in [0.29, 0.717) is 30.7 Å². The van der Waals surface area contributed by atoms with Gasteiger partial charge >= 0.3 is 0 Å². The molecule has 1 saturated carbocycles. The van der Waals surface area contributed by atoms with Crippen molar-refractivity contribution in [2.24, 2.45) is 10.4 Å². The van der Waals surface area contributed by atoms with E-state index in [1.54, 1.807) is 6.92 Å². The Morgan fingerprint density at radius 3 is 2.49 bits per heavy atom. The predicted molar refractivity (Wildman–Crippen MR) is 154 cm³/mol. The number of fused-ring (bicyclic) bond motifs is 1. The van der Waals surface area contributed by atoms with Crippen molar-refractivity contribution in [3.8, 4) is 5.75 Å². The number of allylic oxidation sites excluding steroid dienone is 1. The van der Waals surface area contributed by atoms with Crippen molar-refractivity contribution in [2.75, 3.05) is 18.5 Å². The van der Waals surface area contributed by atoms with E-state index in [0.717, 1.165) is 17.7 Å². The molecule has 4 heterocycles. The largest absolute Gasteiger partial charge is 0.493 e. The van der Waals surface area contributed by atoms with Crippen molar-refractivity contribution >= 4 is 28.8 Å². The summed E-state index contributed by atoms with van der Waals surface area (Å²) >= 11 is 0. The summed E-state index contributed by atoms with van der Waals surface area (Å²) in [5.74, 6) is -4.70. The lowest BCUT2D eigenvalue weighted by atomic mass is 9.75. The van der Waals surface area contributed by atoms with E-state index < -0.39 is 46.6 Å². The molecule has 224 valence electrons. The number of aromatic nitrogens is 3. The molecule has 3 aromatic rings. The number of hydrogen-bond donors (Lipinski definition) is 2. The van der Waals surface area contributed by atoms with Gasteiger partial charge in [-0.05, 0) is 58.2 Å². The number of nitrogens with one attached hydrogen (secondary N) is 2. The zero-order valence-electron chi connectivity index (χ0n) is 24.2. The van der Waals surface area contributed by atoms with Crippen molar-refractivity contribution in [2.45, 2.75) is 58.5 Å². The monoisotopic (exact) mass is 592 g/mol. The molecule has 12 heteroatoms. The Kier molecular flexibility index (Phi) is 7.10. The highest BCUT2D eigenvalue weighted by Gasteiger charge is 2.58. The highest BCUT2D eigenvalue weighted by atomic mass is 19.2. The van der Waals surface area contributed by atoms with Crippen molar-refractivity contribution in [3.63, 3.8) is 0 Å². The molecule has 0 bridgehead atoms. The van der Waals surface area contributed by atoms with Crippen LogP contribution < -0.4 is 15.4 Å². The number of nitrogens with zero attached hydrogens (tertiary/aromatic N) is 4. The molecule has 0 saturated heterocycles. The van der Waals surface area contributed by atoms with Crippen LogP contribution in [0.4, 0.5) is 18.9 Å². The highest BCUT2D eigenvalue weighted by molar-refractivity contribution is 6.24. The molecule has 2 atom stereocenters. The maximum atomic E-state index is 15.3. The first kappa shape index (κ1) is 28.6. The van der Waals surface area contributed by atoms with Gasteiger partial charge < -0.3 is 15.4 Å². The highest BCUT2D eigenvalue weighted by Crippen LogP contribution is 2.61. The second kappa shape index (κ2) is 10.7. The smallest absolute Gasteiger partial charge is 0.270 e. The zero-order chi connectivity index (χ0) is 30.6. The van der Waals surface area contributed by atoms with Crippen LogP contribution in [0.3, 0.4) is 0 Å². The molecule has 2 amide bonds. The molecule has 9 nitrogen and oxygen atoms in total. The third-order valence-corrected chi connectivity index (χ3v) is 8.44. The van der Waals surface area contributed by atoms with Gasteiger partial charge in [0.1, 0.15) is 23.2 Å². The van der Waals surface area contributed by atoms with Gasteiger partial charge in [-0.3, -0.25) is 24.2 Å². The number of amides is 2. The Balaban J connectivity index is 1.37. The van der Waals surface area contributed by atoms with Gasteiger partial charge in [0.15, 0.2) is 17.5 Å². The fourth-order valence-electron chi connectivity index (χ4n) is 6.11. The maximum absolute atomic E-state index is 15.3. The topological polar surface area (TPSA) is 110 Å². The van der Waals surface area contributed by atoms with Gasteiger partial charge in [0.25, 0.3) is 5.91 Å². The molecule has 1 unspecified atom stereocenters. The molecular formula is C31H31F3N6O3. The van der Waals surface area contributed by atoms with Crippen LogP contribution in [0.2, 0.25) is 0 Å². The number of aliphatic imine (C=N–C) groups is 1. The standard InChI is InChI=1S/C31H31F3N6O3/c1-15(2)40-23(5-8-37-40)29(41)39-28(26-19-10-20(32)21(33)11-24(19)43-14-31(26)6-7-31)30(42)38-18-9-22(34)27(36-13-18)25-16(3)12-35-17(25)4/h5,8-11,13,15,26,28H,6-7,12,14H2,1-4H3,(H,38,42)(H,39,41)/t26?,28-/m0/s1. The molecule has 2 aliphatic heterocycles. The molecule has 2 aromatic heterocycles. The Labute approximate surface area is 246 Å². The number of halogens is 3. The molecular weight excluding hydrogens is 561 g/mol. The minimum atomic E-state index is -1.25. The Bertz CT molecular complexity index is 1710. The van der Waals surface area contributed by atoms with Gasteiger partial charge in [-0.1, -0.05) is 0 Å². The Hall–Kier alpha value is -4.48. The lowest BCUT2D eigenvalue weighted by molar-refractivity contribution is -0.119. The average Bonchev–Trinajstić information content (AvgIpc) is 3.38. The molecule has 43 heavy (non-hydrogen) atoms. The third kappa shape index (κ3) is 5.08. The van der Waals surface area contributed by atoms with Crippen LogP contribution >= 0.6 is 0 Å². The molecule has 2 N–H and O–H groups in total. The third-order valence-electron chi connectivity index (χ3n) is 8.44. The van der Waals surface area contributed by atoms with E-state index in [1.807, 2.05) is 20.8 Å². The lowest BCUT2D eigenvalue weighted by Crippen LogP contribution is -2.52. The summed E-state index contributed by atoms with van der Waals surface area (Å²) in [6, 6.07) is 3.29. The second-order valence-corrected chi connectivity index (χ2v) is 11.7. The number of rotatable bonds is 7. The van der Waals surface area contributed by atoms with E-state index in [2.05, 4.69) is 25.7 Å². The fourth-order valence-corrected chi connectivity index (χ4v) is 6.11. The quantitative estimate of drug-likeness (QED) is 0.391. The Morgan fingerprint density at radius 2 is 1.84 bits per heavy atom. The number of benzene rings is 1. The minimum absolute atomic E-state index is 0.0750. The van der Waals surface area contributed by atoms with Gasteiger partial charge in [0.05, 0.1) is 25.0 Å². The summed E-state index contributed by atoms with van der Waals surface area (Å²) in [6.07, 6.45) is 4.13. The maximum Gasteiger partial charge on any atom is 0.270 e. The predicted octanol–water partition coefficient (Wildman–Crippen LogP) is 5.22. The van der Waals surface area contributed by atoms with Gasteiger partial charge in [0.2, 0.25) is 5.91 Å². The van der Waals surface area contributed by atoms with E-state index >= 15 is 4.39 Å². The van der Waals surface area contributed by atoms with E-state index in [-0.39, 0.29) is 41.0 Å². The first-order valence-electron chi connectivity index (χ1n) is 14.1. The average molecular weight is 593 g/mol. The summed E-state index contributed by atoms with van der Waals surface area (Å²) in [5, 5.41) is 9.74. The first-order chi connectivity index (χ1) is 20.5. The molecule has 1 aromatic carbocycles. The van der Waals surface area contributed by atoms with Crippen LogP contribution in [0.1, 0.15) is 74.2 Å². The lowest BCUT2D eigenvalue weighted by Gasteiger charge is -2.38. The van der Waals surface area contributed by atoms with Gasteiger partial charge in [0, 0.05) is 52.6 Å². The van der Waals surface area contributed by atoms with Crippen LogP contribution in [0, 0.1) is 22.9 Å². The number of hydrogen-bond acceptors (Lipinski definition) is 6. The normalized spacial score (nSPS) is 19.2. The summed E-state index contributed by atoms with van der Waals surface area (Å²) < 4.78 is 51.4. The van der Waals surface area contributed by atoms with Crippen LogP contribution in [-0.2, 0) is 4.79 Å². The van der Waals surface area contributed by atoms with Crippen LogP contribution in [0.5, 0.6) is 5.75 Å². The fraction of sp³-hybridized carbons (Fsp3) is 0.387. The molecule has 1 spiro atoms. The van der Waals surface area contributed by atoms with Crippen LogP contribution in [0.25, 0.3) is 5.57 Å². The van der Waals surface area contributed by atoms with Crippen molar-refractivity contribution in [1.29, 1.82) is 0 Å². The summed E-state index contributed by atoms with van der Waals surface area (Å²) in [5.41, 5.74) is 2.33. The van der Waals surface area contributed by atoms with E-state index in [1.165, 1.54) is 29.2 Å². The minimum Gasteiger partial charge on any atom is -0.493 e. The number of anilines is 1. The Morgan fingerprint density at radius 1 is 1.09 bits per heavy atom. The van der Waals surface area contributed by atoms with Gasteiger partial charge in [-0.2, -0.15) is 5.10 Å². The molecule has 1 aliphatic carbocycles. The van der Waals surface area contributed by atoms with Gasteiger partial charge in [-0.15, -0.1) is 0 Å². The zero-order valence-corrected chi connectivity index (χ0v) is 24.2. The van der Waals surface area contributed by atoms with E-state index in [4.69, 9.17) is 4.74 Å². The molecule has 1 fully saturated rings. The molecule has 6 rings (SSSR count). The summed E-state index contributed by atoms with van der Waals surface area (Å²) in [7, 11) is 0.